The Morgan fingerprint density at radius 1 is 0.963 bits per heavy atom. The quantitative estimate of drug-likeness (QED) is 0.238. The molecule has 138 valence electrons. The van der Waals surface area contributed by atoms with E-state index < -0.39 is 28.5 Å². The van der Waals surface area contributed by atoms with Gasteiger partial charge >= 0.3 is 5.97 Å². The molecule has 0 unspecified atom stereocenters. The van der Waals surface area contributed by atoms with E-state index in [1.807, 2.05) is 0 Å². The molecule has 0 heterocycles. The second-order valence-electron chi connectivity index (χ2n) is 6.05. The molecule has 3 rings (SSSR count). The van der Waals surface area contributed by atoms with Crippen LogP contribution in [0, 0.1) is 0 Å². The van der Waals surface area contributed by atoms with Gasteiger partial charge in [-0.25, -0.2) is 4.79 Å². The van der Waals surface area contributed by atoms with Gasteiger partial charge in [0.25, 0.3) is 10.1 Å². The van der Waals surface area contributed by atoms with Crippen molar-refractivity contribution < 1.29 is 27.3 Å². The van der Waals surface area contributed by atoms with Crippen LogP contribution in [-0.4, -0.2) is 31.3 Å². The number of ketones is 1. The van der Waals surface area contributed by atoms with Gasteiger partial charge in [0.05, 0.1) is 0 Å². The summed E-state index contributed by atoms with van der Waals surface area (Å²) in [5, 5.41) is 1.13. The summed E-state index contributed by atoms with van der Waals surface area (Å²) >= 11 is 0. The second kappa shape index (κ2) is 6.94. The first-order valence-corrected chi connectivity index (χ1v) is 9.42. The van der Waals surface area contributed by atoms with Gasteiger partial charge in [-0.3, -0.25) is 9.35 Å². The number of Topliss-reactive ketones (excluding diaryl/α,β-unsaturated/α-hetero) is 1. The standard InChI is InChI=1S/C20H16O6S/c1-12(2)20(22)26-11-17(21)18-13-7-3-5-9-15(13)19(27(23,24)25)16-10-6-4-8-14(16)18/h3-10H,1,11H2,2H3,(H,23,24,25). The highest BCUT2D eigenvalue weighted by molar-refractivity contribution is 7.86. The summed E-state index contributed by atoms with van der Waals surface area (Å²) in [5.74, 6) is -1.18. The average molecular weight is 384 g/mol. The van der Waals surface area contributed by atoms with Crippen molar-refractivity contribution in [3.8, 4) is 0 Å². The Bertz CT molecular complexity index is 1150. The smallest absolute Gasteiger partial charge is 0.333 e. The Morgan fingerprint density at radius 3 is 1.81 bits per heavy atom. The molecule has 0 atom stereocenters. The van der Waals surface area contributed by atoms with Crippen molar-refractivity contribution in [1.29, 1.82) is 0 Å². The van der Waals surface area contributed by atoms with Crippen LogP contribution in [-0.2, 0) is 19.6 Å². The molecular formula is C20H16O6S. The number of rotatable bonds is 5. The third-order valence-corrected chi connectivity index (χ3v) is 5.06. The summed E-state index contributed by atoms with van der Waals surface area (Å²) in [6, 6.07) is 12.7. The highest BCUT2D eigenvalue weighted by Crippen LogP contribution is 2.35. The van der Waals surface area contributed by atoms with Crippen LogP contribution in [0.5, 0.6) is 0 Å². The molecule has 3 aromatic carbocycles. The Hall–Kier alpha value is -3.03. The molecule has 1 N–H and O–H groups in total. The van der Waals surface area contributed by atoms with Crippen molar-refractivity contribution in [2.45, 2.75) is 11.8 Å². The molecule has 7 heteroatoms. The van der Waals surface area contributed by atoms with Gasteiger partial charge in [0, 0.05) is 21.9 Å². The van der Waals surface area contributed by atoms with E-state index in [1.165, 1.54) is 19.1 Å². The van der Waals surface area contributed by atoms with E-state index in [1.54, 1.807) is 36.4 Å². The van der Waals surface area contributed by atoms with E-state index in [0.29, 0.717) is 10.8 Å². The number of carbonyl (C=O) groups excluding carboxylic acids is 2. The molecule has 0 aliphatic rings. The highest BCUT2D eigenvalue weighted by atomic mass is 32.2. The zero-order valence-corrected chi connectivity index (χ0v) is 15.2. The zero-order valence-electron chi connectivity index (χ0n) is 14.4. The van der Waals surface area contributed by atoms with Gasteiger partial charge in [-0.05, 0) is 17.7 Å². The van der Waals surface area contributed by atoms with Crippen LogP contribution in [0.25, 0.3) is 21.5 Å². The molecule has 0 saturated carbocycles. The number of benzene rings is 3. The summed E-state index contributed by atoms with van der Waals surface area (Å²) in [6.45, 7) is 4.43. The minimum atomic E-state index is -4.54. The Balaban J connectivity index is 2.31. The number of fused-ring (bicyclic) bond motifs is 2. The van der Waals surface area contributed by atoms with Gasteiger partial charge in [-0.2, -0.15) is 8.42 Å². The van der Waals surface area contributed by atoms with Crippen molar-refractivity contribution in [3.63, 3.8) is 0 Å². The van der Waals surface area contributed by atoms with Crippen LogP contribution in [0.15, 0.2) is 65.6 Å². The maximum atomic E-state index is 12.8. The topological polar surface area (TPSA) is 97.7 Å². The first kappa shape index (κ1) is 18.8. The first-order valence-electron chi connectivity index (χ1n) is 7.98. The van der Waals surface area contributed by atoms with Crippen LogP contribution in [0.4, 0.5) is 0 Å². The highest BCUT2D eigenvalue weighted by Gasteiger charge is 2.24. The van der Waals surface area contributed by atoms with Crippen molar-refractivity contribution in [3.05, 3.63) is 66.2 Å². The third kappa shape index (κ3) is 3.47. The predicted octanol–water partition coefficient (Wildman–Crippen LogP) is 3.54. The summed E-state index contributed by atoms with van der Waals surface area (Å²) in [5.41, 5.74) is 0.391. The third-order valence-electron chi connectivity index (χ3n) is 4.10. The predicted molar refractivity (Wildman–Crippen MR) is 101 cm³/mol. The van der Waals surface area contributed by atoms with Crippen LogP contribution >= 0.6 is 0 Å². The minimum absolute atomic E-state index is 0.166. The van der Waals surface area contributed by atoms with Gasteiger partial charge in [-0.15, -0.1) is 0 Å². The lowest BCUT2D eigenvalue weighted by atomic mass is 9.94. The van der Waals surface area contributed by atoms with E-state index in [2.05, 4.69) is 6.58 Å². The fourth-order valence-corrected chi connectivity index (χ4v) is 3.90. The van der Waals surface area contributed by atoms with Crippen LogP contribution in [0.3, 0.4) is 0 Å². The molecule has 3 aromatic rings. The molecule has 0 saturated heterocycles. The lowest BCUT2D eigenvalue weighted by Crippen LogP contribution is -2.15. The summed E-state index contributed by atoms with van der Waals surface area (Å²) in [4.78, 5) is 24.2. The fourth-order valence-electron chi connectivity index (χ4n) is 2.99. The van der Waals surface area contributed by atoms with Crippen LogP contribution < -0.4 is 0 Å². The number of esters is 1. The maximum Gasteiger partial charge on any atom is 0.333 e. The summed E-state index contributed by atoms with van der Waals surface area (Å²) in [6.07, 6.45) is 0. The minimum Gasteiger partial charge on any atom is -0.454 e. The van der Waals surface area contributed by atoms with Gasteiger partial charge in [0.1, 0.15) is 4.90 Å². The Morgan fingerprint density at radius 2 is 1.41 bits per heavy atom. The molecule has 0 aliphatic carbocycles. The number of carbonyl (C=O) groups is 2. The first-order chi connectivity index (χ1) is 12.7. The van der Waals surface area contributed by atoms with Crippen molar-refractivity contribution in [2.75, 3.05) is 6.61 Å². The average Bonchev–Trinajstić information content (AvgIpc) is 2.62. The lowest BCUT2D eigenvalue weighted by molar-refractivity contribution is -0.137. The summed E-state index contributed by atoms with van der Waals surface area (Å²) in [7, 11) is -4.54. The van der Waals surface area contributed by atoms with Gasteiger partial charge in [0.15, 0.2) is 6.61 Å². The molecule has 0 bridgehead atoms. The molecule has 0 fully saturated rings. The van der Waals surface area contributed by atoms with Crippen LogP contribution in [0.2, 0.25) is 0 Å². The largest absolute Gasteiger partial charge is 0.454 e. The van der Waals surface area contributed by atoms with Crippen molar-refractivity contribution >= 4 is 43.4 Å². The SMILES string of the molecule is C=C(C)C(=O)OCC(=O)c1c2ccccc2c(S(=O)(=O)O)c2ccccc12. The molecule has 0 aromatic heterocycles. The van der Waals surface area contributed by atoms with Gasteiger partial charge in [-0.1, -0.05) is 55.1 Å². The van der Waals surface area contributed by atoms with Gasteiger partial charge < -0.3 is 4.74 Å². The number of hydrogen-bond donors (Lipinski definition) is 1. The second-order valence-corrected chi connectivity index (χ2v) is 7.41. The van der Waals surface area contributed by atoms with E-state index in [-0.39, 0.29) is 26.8 Å². The van der Waals surface area contributed by atoms with Crippen LogP contribution in [0.1, 0.15) is 17.3 Å². The normalized spacial score (nSPS) is 11.5. The Labute approximate surface area is 155 Å². The molecule has 0 amide bonds. The molecule has 0 spiro atoms. The maximum absolute atomic E-state index is 12.8. The van der Waals surface area contributed by atoms with Gasteiger partial charge in [0.2, 0.25) is 5.78 Å². The molecule has 27 heavy (non-hydrogen) atoms. The lowest BCUT2D eigenvalue weighted by Gasteiger charge is -2.14. The molecular weight excluding hydrogens is 368 g/mol. The fraction of sp³-hybridized carbons (Fsp3) is 0.100. The molecule has 6 nitrogen and oxygen atoms in total. The van der Waals surface area contributed by atoms with Crippen molar-refractivity contribution in [2.24, 2.45) is 0 Å². The molecule has 0 aliphatic heterocycles. The van der Waals surface area contributed by atoms with E-state index in [0.717, 1.165) is 0 Å². The van der Waals surface area contributed by atoms with E-state index in [9.17, 15) is 22.6 Å². The summed E-state index contributed by atoms with van der Waals surface area (Å²) < 4.78 is 38.8. The van der Waals surface area contributed by atoms with E-state index in [4.69, 9.17) is 4.74 Å². The van der Waals surface area contributed by atoms with E-state index >= 15 is 0 Å². The molecule has 0 radical (unpaired) electrons. The van der Waals surface area contributed by atoms with Crippen molar-refractivity contribution in [1.82, 2.24) is 0 Å². The number of ether oxygens (including phenoxy) is 1. The monoisotopic (exact) mass is 384 g/mol. The number of hydrogen-bond acceptors (Lipinski definition) is 5. The zero-order chi connectivity index (χ0) is 19.8. The Kier molecular flexibility index (Phi) is 4.82.